The third-order valence-corrected chi connectivity index (χ3v) is 3.95. The van der Waals surface area contributed by atoms with Gasteiger partial charge in [0.1, 0.15) is 17.6 Å². The Hall–Kier alpha value is -1.51. The third-order valence-electron chi connectivity index (χ3n) is 2.98. The highest BCUT2D eigenvalue weighted by molar-refractivity contribution is 6.69. The van der Waals surface area contributed by atoms with Gasteiger partial charge in [-0.2, -0.15) is 5.26 Å². The fourth-order valence-electron chi connectivity index (χ4n) is 2.39. The van der Waals surface area contributed by atoms with Crippen LogP contribution in [0.4, 0.5) is 0 Å². The summed E-state index contributed by atoms with van der Waals surface area (Å²) in [6.07, 6.45) is 0.529. The zero-order valence-electron chi connectivity index (χ0n) is 11.8. The Morgan fingerprint density at radius 2 is 2.11 bits per heavy atom. The molecule has 1 unspecified atom stereocenters. The highest BCUT2D eigenvalue weighted by Crippen LogP contribution is 2.46. The van der Waals surface area contributed by atoms with Gasteiger partial charge in [-0.05, 0) is 31.8 Å². The van der Waals surface area contributed by atoms with Crippen molar-refractivity contribution < 1.29 is 13.9 Å². The molecular weight excluding hydrogens is 258 g/mol. The van der Waals surface area contributed by atoms with Crippen LogP contribution in [-0.4, -0.2) is 22.0 Å². The Kier molecular flexibility index (Phi) is 3.57. The summed E-state index contributed by atoms with van der Waals surface area (Å²) in [4.78, 5) is 0. The fourth-order valence-corrected chi connectivity index (χ4v) is 3.68. The van der Waals surface area contributed by atoms with Crippen molar-refractivity contribution in [3.63, 3.8) is 0 Å². The number of nitrogens with zero attached hydrogens (tertiary/aromatic N) is 1. The van der Waals surface area contributed by atoms with Crippen LogP contribution >= 0.6 is 0 Å². The van der Waals surface area contributed by atoms with E-state index >= 15 is 0 Å². The molecule has 1 aromatic carbocycles. The molecule has 0 saturated heterocycles. The first-order chi connectivity index (χ1) is 8.92. The molecule has 0 saturated carbocycles. The minimum Gasteiger partial charge on any atom is -0.496 e. The molecule has 1 aromatic rings. The number of benzene rings is 1. The molecule has 5 heteroatoms. The topological polar surface area (TPSA) is 51.5 Å². The normalized spacial score (nSPS) is 22.1. The van der Waals surface area contributed by atoms with Crippen molar-refractivity contribution in [2.24, 2.45) is 0 Å². The van der Waals surface area contributed by atoms with Crippen LogP contribution in [-0.2, 0) is 10.0 Å². The molecule has 1 aliphatic rings. The molecule has 19 heavy (non-hydrogen) atoms. The zero-order chi connectivity index (χ0) is 14.1. The number of fused-ring (bicyclic) bond motifs is 1. The van der Waals surface area contributed by atoms with E-state index in [-0.39, 0.29) is 0 Å². The monoisotopic (exact) mass is 277 g/mol. The average Bonchev–Trinajstić information content (AvgIpc) is 2.36. The highest BCUT2D eigenvalue weighted by Gasteiger charge is 2.44. The summed E-state index contributed by atoms with van der Waals surface area (Å²) in [5, 5.41) is 9.71. The van der Waals surface area contributed by atoms with Gasteiger partial charge in [-0.15, -0.1) is 0 Å². The summed E-state index contributed by atoms with van der Waals surface area (Å²) in [5.74, 6) is 1.34. The van der Waals surface area contributed by atoms with Gasteiger partial charge in [-0.25, -0.2) is 0 Å². The fraction of sp³-hybridized carbons (Fsp3) is 0.500. The van der Waals surface area contributed by atoms with E-state index in [1.165, 1.54) is 0 Å². The van der Waals surface area contributed by atoms with Crippen molar-refractivity contribution in [2.45, 2.75) is 31.7 Å². The molecule has 1 atom stereocenters. The maximum Gasteiger partial charge on any atom is 0.186 e. The van der Waals surface area contributed by atoms with Crippen molar-refractivity contribution in [2.75, 3.05) is 13.7 Å². The minimum absolute atomic E-state index is 0.484. The van der Waals surface area contributed by atoms with Crippen LogP contribution < -0.4 is 9.47 Å². The maximum atomic E-state index is 9.71. The number of methoxy groups -OCH3 is 1. The summed E-state index contributed by atoms with van der Waals surface area (Å²) in [6, 6.07) is 7.92. The van der Waals surface area contributed by atoms with E-state index in [0.717, 1.165) is 5.56 Å². The van der Waals surface area contributed by atoms with E-state index < -0.39 is 13.9 Å². The predicted octanol–water partition coefficient (Wildman–Crippen LogP) is 3.05. The van der Waals surface area contributed by atoms with Gasteiger partial charge in [-0.3, -0.25) is 0 Å². The number of nitriles is 1. The lowest BCUT2D eigenvalue weighted by atomic mass is 9.89. The van der Waals surface area contributed by atoms with Crippen LogP contribution in [0.1, 0.15) is 12.0 Å². The van der Waals surface area contributed by atoms with Gasteiger partial charge in [0.15, 0.2) is 13.9 Å². The maximum absolute atomic E-state index is 9.71. The standard InChI is InChI=1S/C14H19NO3Si/c1-16-11-6-5-7-12-13(11)14(10-15,8-9-17-12)18-19(2,3)4/h5-7H,8-9H2,1-4H3. The van der Waals surface area contributed by atoms with E-state index in [0.29, 0.717) is 24.5 Å². The molecular formula is C14H19NO3Si. The molecule has 0 fully saturated rings. The summed E-state index contributed by atoms with van der Waals surface area (Å²) in [6.45, 7) is 6.72. The predicted molar refractivity (Wildman–Crippen MR) is 74.8 cm³/mol. The van der Waals surface area contributed by atoms with Crippen LogP contribution in [0.25, 0.3) is 0 Å². The van der Waals surface area contributed by atoms with Crippen LogP contribution in [0, 0.1) is 11.3 Å². The molecule has 0 amide bonds. The van der Waals surface area contributed by atoms with Crippen molar-refractivity contribution in [3.05, 3.63) is 23.8 Å². The van der Waals surface area contributed by atoms with Crippen molar-refractivity contribution >= 4 is 8.32 Å². The largest absolute Gasteiger partial charge is 0.496 e. The van der Waals surface area contributed by atoms with Gasteiger partial charge >= 0.3 is 0 Å². The van der Waals surface area contributed by atoms with Crippen LogP contribution in [0.2, 0.25) is 19.6 Å². The molecule has 0 spiro atoms. The van der Waals surface area contributed by atoms with Crippen LogP contribution in [0.5, 0.6) is 11.5 Å². The first-order valence-electron chi connectivity index (χ1n) is 6.33. The van der Waals surface area contributed by atoms with E-state index in [2.05, 4.69) is 25.7 Å². The lowest BCUT2D eigenvalue weighted by molar-refractivity contribution is 0.0634. The molecule has 2 rings (SSSR count). The van der Waals surface area contributed by atoms with E-state index in [4.69, 9.17) is 13.9 Å². The molecule has 0 N–H and O–H groups in total. The van der Waals surface area contributed by atoms with Crippen LogP contribution in [0.3, 0.4) is 0 Å². The Balaban J connectivity index is 2.59. The zero-order valence-corrected chi connectivity index (χ0v) is 12.8. The second-order valence-corrected chi connectivity index (χ2v) is 10.0. The van der Waals surface area contributed by atoms with Crippen molar-refractivity contribution in [1.82, 2.24) is 0 Å². The van der Waals surface area contributed by atoms with Gasteiger partial charge in [0.25, 0.3) is 0 Å². The summed E-state index contributed by atoms with van der Waals surface area (Å²) >= 11 is 0. The highest BCUT2D eigenvalue weighted by atomic mass is 28.4. The summed E-state index contributed by atoms with van der Waals surface area (Å²) in [5.41, 5.74) is -0.223. The van der Waals surface area contributed by atoms with Crippen LogP contribution in [0.15, 0.2) is 18.2 Å². The average molecular weight is 277 g/mol. The van der Waals surface area contributed by atoms with Gasteiger partial charge in [0, 0.05) is 6.42 Å². The molecule has 0 aliphatic carbocycles. The summed E-state index contributed by atoms with van der Waals surface area (Å²) in [7, 11) is -0.278. The Bertz CT molecular complexity index is 504. The molecule has 4 nitrogen and oxygen atoms in total. The minimum atomic E-state index is -1.88. The van der Waals surface area contributed by atoms with E-state index in [1.807, 2.05) is 18.2 Å². The molecule has 0 aromatic heterocycles. The molecule has 1 aliphatic heterocycles. The number of hydrogen-bond donors (Lipinski definition) is 0. The first kappa shape index (κ1) is 13.9. The van der Waals surface area contributed by atoms with Gasteiger partial charge in [0.05, 0.1) is 19.3 Å². The van der Waals surface area contributed by atoms with Crippen molar-refractivity contribution in [3.8, 4) is 17.6 Å². The molecule has 1 heterocycles. The SMILES string of the molecule is COc1cccc2c1C(C#N)(O[Si](C)(C)C)CCO2. The molecule has 102 valence electrons. The second-order valence-electron chi connectivity index (χ2n) is 5.59. The summed E-state index contributed by atoms with van der Waals surface area (Å²) < 4.78 is 17.2. The molecule has 0 bridgehead atoms. The number of hydrogen-bond acceptors (Lipinski definition) is 4. The number of ether oxygens (including phenoxy) is 2. The molecule has 0 radical (unpaired) electrons. The third kappa shape index (κ3) is 2.60. The Morgan fingerprint density at radius 3 is 2.68 bits per heavy atom. The van der Waals surface area contributed by atoms with Gasteiger partial charge < -0.3 is 13.9 Å². The van der Waals surface area contributed by atoms with E-state index in [9.17, 15) is 5.26 Å². The Labute approximate surface area is 115 Å². The lowest BCUT2D eigenvalue weighted by Gasteiger charge is -2.38. The van der Waals surface area contributed by atoms with Gasteiger partial charge in [0.2, 0.25) is 0 Å². The smallest absolute Gasteiger partial charge is 0.186 e. The second kappa shape index (κ2) is 4.87. The Morgan fingerprint density at radius 1 is 1.37 bits per heavy atom. The number of rotatable bonds is 3. The quantitative estimate of drug-likeness (QED) is 0.797. The first-order valence-corrected chi connectivity index (χ1v) is 9.74. The van der Waals surface area contributed by atoms with Gasteiger partial charge in [-0.1, -0.05) is 6.07 Å². The van der Waals surface area contributed by atoms with Crippen molar-refractivity contribution in [1.29, 1.82) is 5.26 Å². The lowest BCUT2D eigenvalue weighted by Crippen LogP contribution is -2.43. The van der Waals surface area contributed by atoms with E-state index in [1.54, 1.807) is 7.11 Å².